The molecule has 0 bridgehead atoms. The summed E-state index contributed by atoms with van der Waals surface area (Å²) >= 11 is 0. The summed E-state index contributed by atoms with van der Waals surface area (Å²) in [5, 5.41) is 0. The maximum absolute atomic E-state index is 2.56. The molecule has 9 aromatic rings. The Morgan fingerprint density at radius 2 is 0.771 bits per heavy atom. The number of anilines is 3. The van der Waals surface area contributed by atoms with Crippen LogP contribution in [0.2, 0.25) is 0 Å². The van der Waals surface area contributed by atoms with Crippen molar-refractivity contribution in [2.75, 3.05) is 4.90 Å². The smallest absolute Gasteiger partial charge is 0.0713 e. The van der Waals surface area contributed by atoms with Gasteiger partial charge in [-0.1, -0.05) is 227 Å². The van der Waals surface area contributed by atoms with E-state index in [9.17, 15) is 0 Å². The minimum absolute atomic E-state index is 0.0365. The predicted octanol–water partition coefficient (Wildman–Crippen LogP) is 18.4. The molecule has 0 aromatic heterocycles. The highest BCUT2D eigenvalue weighted by atomic mass is 15.1. The minimum atomic E-state index is -0.544. The van der Waals surface area contributed by atoms with Gasteiger partial charge >= 0.3 is 0 Å². The summed E-state index contributed by atoms with van der Waals surface area (Å²) in [6, 6.07) is 76.8. The van der Waals surface area contributed by atoms with Gasteiger partial charge in [0.2, 0.25) is 0 Å². The molecule has 0 saturated carbocycles. The molecule has 0 amide bonds. The lowest BCUT2D eigenvalue weighted by Crippen LogP contribution is -2.29. The molecular weight excluding hydrogens is 843 g/mol. The number of nitrogens with zero attached hydrogens (tertiary/aromatic N) is 1. The van der Waals surface area contributed by atoms with Crippen LogP contribution in [0.25, 0.3) is 44.5 Å². The molecule has 70 heavy (non-hydrogen) atoms. The second-order valence-electron chi connectivity index (χ2n) is 23.4. The van der Waals surface area contributed by atoms with Crippen LogP contribution in [0.1, 0.15) is 125 Å². The van der Waals surface area contributed by atoms with Crippen molar-refractivity contribution in [3.63, 3.8) is 0 Å². The Kier molecular flexibility index (Phi) is 9.68. The summed E-state index contributed by atoms with van der Waals surface area (Å²) in [7, 11) is 0. The maximum atomic E-state index is 2.56. The molecule has 0 atom stereocenters. The van der Waals surface area contributed by atoms with Crippen LogP contribution in [0.4, 0.5) is 17.1 Å². The topological polar surface area (TPSA) is 3.24 Å². The van der Waals surface area contributed by atoms with Gasteiger partial charge in [0.1, 0.15) is 0 Å². The normalized spacial score (nSPS) is 15.3. The summed E-state index contributed by atoms with van der Waals surface area (Å²) in [6.07, 6.45) is 0. The molecule has 9 aromatic carbocycles. The lowest BCUT2D eigenvalue weighted by molar-refractivity contribution is 0.586. The van der Waals surface area contributed by atoms with Gasteiger partial charge in [0.15, 0.2) is 0 Å². The number of rotatable bonds is 6. The Balaban J connectivity index is 1.12. The first-order valence-corrected chi connectivity index (χ1v) is 25.3. The van der Waals surface area contributed by atoms with Gasteiger partial charge in [-0.2, -0.15) is 0 Å². The van der Waals surface area contributed by atoms with E-state index in [0.717, 1.165) is 17.1 Å². The Bertz CT molecular complexity index is 3410. The second kappa shape index (κ2) is 15.4. The monoisotopic (exact) mass is 905 g/mol. The van der Waals surface area contributed by atoms with Crippen molar-refractivity contribution in [2.45, 2.75) is 96.3 Å². The van der Waals surface area contributed by atoms with Crippen molar-refractivity contribution in [2.24, 2.45) is 0 Å². The summed E-state index contributed by atoms with van der Waals surface area (Å²) in [5.41, 5.74) is 26.3. The Morgan fingerprint density at radius 1 is 0.314 bits per heavy atom. The van der Waals surface area contributed by atoms with E-state index in [4.69, 9.17) is 0 Å². The lowest BCUT2D eigenvalue weighted by Gasteiger charge is -2.35. The van der Waals surface area contributed by atoms with Gasteiger partial charge in [-0.3, -0.25) is 0 Å². The van der Waals surface area contributed by atoms with Crippen LogP contribution in [0.15, 0.2) is 200 Å². The van der Waals surface area contributed by atoms with E-state index in [1.54, 1.807) is 0 Å². The van der Waals surface area contributed by atoms with E-state index in [1.807, 2.05) is 0 Å². The van der Waals surface area contributed by atoms with Gasteiger partial charge in [-0.25, -0.2) is 0 Å². The first-order valence-electron chi connectivity index (χ1n) is 25.3. The zero-order chi connectivity index (χ0) is 48.5. The van der Waals surface area contributed by atoms with Crippen LogP contribution in [-0.2, 0) is 27.1 Å². The summed E-state index contributed by atoms with van der Waals surface area (Å²) in [6.45, 7) is 23.7. The fourth-order valence-corrected chi connectivity index (χ4v) is 12.7. The summed E-state index contributed by atoms with van der Waals surface area (Å²) in [5.74, 6) is 0. The fraction of sp³-hybridized carbons (Fsp3) is 0.217. The molecule has 12 rings (SSSR count). The van der Waals surface area contributed by atoms with Gasteiger partial charge in [0, 0.05) is 27.9 Å². The average Bonchev–Trinajstić information content (AvgIpc) is 3.88. The highest BCUT2D eigenvalue weighted by Gasteiger charge is 2.48. The van der Waals surface area contributed by atoms with Crippen LogP contribution >= 0.6 is 0 Å². The maximum Gasteiger partial charge on any atom is 0.0713 e. The number of hydrogen-bond donors (Lipinski definition) is 0. The minimum Gasteiger partial charge on any atom is -0.310 e. The van der Waals surface area contributed by atoms with Gasteiger partial charge < -0.3 is 4.90 Å². The molecule has 1 nitrogen and oxygen atoms in total. The zero-order valence-corrected chi connectivity index (χ0v) is 42.5. The van der Waals surface area contributed by atoms with Crippen LogP contribution in [0.5, 0.6) is 0 Å². The first-order chi connectivity index (χ1) is 33.5. The number of hydrogen-bond acceptors (Lipinski definition) is 1. The van der Waals surface area contributed by atoms with Gasteiger partial charge in [-0.05, 0) is 153 Å². The molecule has 0 fully saturated rings. The van der Waals surface area contributed by atoms with E-state index in [-0.39, 0.29) is 21.7 Å². The third kappa shape index (κ3) is 6.43. The molecular formula is C69H63N. The van der Waals surface area contributed by atoms with Crippen molar-refractivity contribution >= 4 is 17.1 Å². The molecule has 0 radical (unpaired) electrons. The van der Waals surface area contributed by atoms with Crippen molar-refractivity contribution < 1.29 is 0 Å². The Morgan fingerprint density at radius 3 is 1.30 bits per heavy atom. The van der Waals surface area contributed by atoms with Crippen molar-refractivity contribution in [3.8, 4) is 44.5 Å². The highest BCUT2D eigenvalue weighted by Crippen LogP contribution is 2.60. The van der Waals surface area contributed by atoms with E-state index in [1.165, 1.54) is 100 Å². The highest BCUT2D eigenvalue weighted by molar-refractivity contribution is 5.97. The van der Waals surface area contributed by atoms with E-state index < -0.39 is 5.41 Å². The average molecular weight is 906 g/mol. The third-order valence-corrected chi connectivity index (χ3v) is 16.4. The largest absolute Gasteiger partial charge is 0.310 e. The van der Waals surface area contributed by atoms with E-state index >= 15 is 0 Å². The van der Waals surface area contributed by atoms with Crippen molar-refractivity contribution in [1.82, 2.24) is 0 Å². The second-order valence-corrected chi connectivity index (χ2v) is 23.4. The van der Waals surface area contributed by atoms with Crippen LogP contribution in [-0.4, -0.2) is 0 Å². The van der Waals surface area contributed by atoms with E-state index in [2.05, 4.69) is 274 Å². The Hall–Kier alpha value is -7.22. The number of fused-ring (bicyclic) bond motifs is 9. The molecule has 0 unspecified atom stereocenters. The molecule has 3 aliphatic rings. The summed E-state index contributed by atoms with van der Waals surface area (Å²) < 4.78 is 0. The Labute approximate surface area is 416 Å². The first kappa shape index (κ1) is 44.0. The quantitative estimate of drug-likeness (QED) is 0.161. The molecule has 0 spiro atoms. The van der Waals surface area contributed by atoms with Gasteiger partial charge in [0.05, 0.1) is 5.41 Å². The van der Waals surface area contributed by atoms with Crippen LogP contribution < -0.4 is 4.90 Å². The van der Waals surface area contributed by atoms with Crippen molar-refractivity contribution in [1.29, 1.82) is 0 Å². The molecule has 0 aliphatic heterocycles. The van der Waals surface area contributed by atoms with Crippen LogP contribution in [0, 0.1) is 0 Å². The van der Waals surface area contributed by atoms with Gasteiger partial charge in [-0.15, -0.1) is 0 Å². The van der Waals surface area contributed by atoms with Gasteiger partial charge in [0.25, 0.3) is 0 Å². The molecule has 0 heterocycles. The van der Waals surface area contributed by atoms with Crippen molar-refractivity contribution in [3.05, 3.63) is 256 Å². The molecule has 0 saturated heterocycles. The molecule has 0 N–H and O–H groups in total. The molecule has 3 aliphatic carbocycles. The molecule has 344 valence electrons. The number of benzene rings is 9. The third-order valence-electron chi connectivity index (χ3n) is 16.4. The van der Waals surface area contributed by atoms with E-state index in [0.29, 0.717) is 0 Å². The predicted molar refractivity (Wildman–Crippen MR) is 296 cm³/mol. The lowest BCUT2D eigenvalue weighted by atomic mass is 9.66. The van der Waals surface area contributed by atoms with Crippen LogP contribution in [0.3, 0.4) is 0 Å². The zero-order valence-electron chi connectivity index (χ0n) is 42.5. The standard InChI is InChI=1S/C69H63N/c1-65(2,3)47-32-35-56-62(40-47)69(45-23-13-11-14-24-45,46-25-15-12-16-26-46)63-41-48(66(4,5)6)39-57(64(56)63)44-22-21-27-49(38-44)70(50-33-36-54-52-28-17-19-30-58(52)67(7,8)60(54)42-50)51-34-37-55-53-29-18-20-31-59(53)68(9,10)61(55)43-51/h11-43H,1-10H3. The fourth-order valence-electron chi connectivity index (χ4n) is 12.7. The SMILES string of the molecule is CC(C)(C)c1ccc2c(c1)C(c1ccccc1)(c1ccccc1)c1cc(C(C)(C)C)cc(-c3cccc(N(c4ccc5c(c4)C(C)(C)c4ccccc4-5)c4ccc5c(c4)C(C)(C)c4ccccc4-5)c3)c1-2. The molecule has 1 heteroatoms. The summed E-state index contributed by atoms with van der Waals surface area (Å²) in [4.78, 5) is 2.53.